The molecule has 2 aliphatic rings. The number of methoxy groups -OCH3 is 2. The van der Waals surface area contributed by atoms with Crippen molar-refractivity contribution in [3.63, 3.8) is 0 Å². The van der Waals surface area contributed by atoms with Crippen LogP contribution in [0.2, 0.25) is 0 Å². The Morgan fingerprint density at radius 2 is 1.68 bits per heavy atom. The summed E-state index contributed by atoms with van der Waals surface area (Å²) in [6.45, 7) is 11.3. The predicted octanol–water partition coefficient (Wildman–Crippen LogP) is 5.51. The zero-order chi connectivity index (χ0) is 38.5. The first kappa shape index (κ1) is 39.7. The first-order chi connectivity index (χ1) is 25.1. The number of piperazine rings is 1. The summed E-state index contributed by atoms with van der Waals surface area (Å²) in [5, 5.41) is 16.2. The van der Waals surface area contributed by atoms with Crippen LogP contribution < -0.4 is 25.0 Å². The van der Waals surface area contributed by atoms with Crippen LogP contribution in [0.15, 0.2) is 41.0 Å². The molecule has 3 heterocycles. The normalized spacial score (nSPS) is 15.8. The minimum atomic E-state index is -3.64. The number of halogens is 1. The van der Waals surface area contributed by atoms with Gasteiger partial charge in [-0.25, -0.2) is 23.0 Å². The molecule has 0 radical (unpaired) electrons. The fourth-order valence-corrected chi connectivity index (χ4v) is 7.11. The van der Waals surface area contributed by atoms with Gasteiger partial charge in [-0.15, -0.1) is 0 Å². The molecule has 18 heteroatoms. The minimum Gasteiger partial charge on any atom is -0.508 e. The van der Waals surface area contributed by atoms with Crippen LogP contribution in [-0.4, -0.2) is 116 Å². The number of ether oxygens (including phenoxy) is 3. The van der Waals surface area contributed by atoms with Gasteiger partial charge in [-0.2, -0.15) is 4.98 Å². The van der Waals surface area contributed by atoms with Gasteiger partial charge < -0.3 is 39.8 Å². The summed E-state index contributed by atoms with van der Waals surface area (Å²) in [5.41, 5.74) is 1.39. The van der Waals surface area contributed by atoms with Gasteiger partial charge in [0, 0.05) is 63.6 Å². The number of hydrogen-bond donors (Lipinski definition) is 4. The van der Waals surface area contributed by atoms with Crippen molar-refractivity contribution in [3.8, 4) is 11.5 Å². The summed E-state index contributed by atoms with van der Waals surface area (Å²) in [4.78, 5) is 41.0. The minimum absolute atomic E-state index is 0.120. The van der Waals surface area contributed by atoms with Gasteiger partial charge in [-0.05, 0) is 74.7 Å². The molecule has 288 valence electrons. The third kappa shape index (κ3) is 10.1. The highest BCUT2D eigenvalue weighted by Crippen LogP contribution is 2.38. The van der Waals surface area contributed by atoms with E-state index in [9.17, 15) is 23.1 Å². The molecule has 3 aromatic rings. The van der Waals surface area contributed by atoms with Crippen LogP contribution in [0, 0.1) is 0 Å². The molecule has 5 rings (SSSR count). The summed E-state index contributed by atoms with van der Waals surface area (Å²) in [6.07, 6.45) is 2.99. The van der Waals surface area contributed by atoms with Gasteiger partial charge in [0.25, 0.3) is 0 Å². The van der Waals surface area contributed by atoms with Crippen LogP contribution in [-0.2, 0) is 19.5 Å². The van der Waals surface area contributed by atoms with E-state index in [0.29, 0.717) is 70.9 Å². The average molecular weight is 820 g/mol. The van der Waals surface area contributed by atoms with Crippen LogP contribution in [0.1, 0.15) is 50.9 Å². The monoisotopic (exact) mass is 818 g/mol. The molecule has 4 N–H and O–H groups in total. The van der Waals surface area contributed by atoms with Gasteiger partial charge >= 0.3 is 12.1 Å². The van der Waals surface area contributed by atoms with Crippen molar-refractivity contribution in [2.75, 3.05) is 79.5 Å². The van der Waals surface area contributed by atoms with Crippen LogP contribution in [0.25, 0.3) is 0 Å². The zero-order valence-corrected chi connectivity index (χ0v) is 33.1. The van der Waals surface area contributed by atoms with Crippen LogP contribution >= 0.6 is 15.9 Å². The third-order valence-corrected chi connectivity index (χ3v) is 10.8. The fourth-order valence-electron chi connectivity index (χ4n) is 6.17. The Balaban J connectivity index is 1.31. The van der Waals surface area contributed by atoms with E-state index in [0.717, 1.165) is 25.9 Å². The molecular formula is C35H47BrN8O8S. The number of rotatable bonds is 11. The Kier molecular flexibility index (Phi) is 12.4. The van der Waals surface area contributed by atoms with E-state index in [1.165, 1.54) is 45.5 Å². The number of piperidine rings is 1. The Bertz CT molecular complexity index is 1910. The maximum absolute atomic E-state index is 13.2. The number of benzene rings is 2. The molecule has 2 aliphatic heterocycles. The molecule has 2 fully saturated rings. The van der Waals surface area contributed by atoms with Crippen molar-refractivity contribution in [3.05, 3.63) is 46.6 Å². The summed E-state index contributed by atoms with van der Waals surface area (Å²) in [5.74, 6) is 0.104. The fraction of sp³-hybridized carbons (Fsp3) is 0.486. The highest BCUT2D eigenvalue weighted by molar-refractivity contribution is 9.10. The molecule has 1 aromatic heterocycles. The van der Waals surface area contributed by atoms with Crippen molar-refractivity contribution < 1.29 is 37.3 Å². The second kappa shape index (κ2) is 16.6. The molecule has 53 heavy (non-hydrogen) atoms. The number of phenolic OH excluding ortho intramolecular Hbond substituents is 1. The van der Waals surface area contributed by atoms with Crippen molar-refractivity contribution in [2.45, 2.75) is 52.2 Å². The molecule has 16 nitrogen and oxygen atoms in total. The van der Waals surface area contributed by atoms with Crippen LogP contribution in [0.4, 0.5) is 39.3 Å². The average Bonchev–Trinajstić information content (AvgIpc) is 3.13. The number of nitrogens with zero attached hydrogens (tertiary/aromatic N) is 5. The molecule has 0 aliphatic carbocycles. The Morgan fingerprint density at radius 3 is 2.30 bits per heavy atom. The quantitative estimate of drug-likeness (QED) is 0.140. The number of amides is 1. The lowest BCUT2D eigenvalue weighted by Gasteiger charge is -2.43. The number of sulfonamides is 1. The van der Waals surface area contributed by atoms with Crippen molar-refractivity contribution in [2.24, 2.45) is 0 Å². The lowest BCUT2D eigenvalue weighted by atomic mass is 10.00. The highest BCUT2D eigenvalue weighted by Gasteiger charge is 2.32. The molecule has 2 saturated heterocycles. The van der Waals surface area contributed by atoms with Gasteiger partial charge in [0.2, 0.25) is 16.0 Å². The molecule has 2 aromatic carbocycles. The van der Waals surface area contributed by atoms with E-state index in [1.807, 2.05) is 20.8 Å². The second-order valence-corrected chi connectivity index (χ2v) is 16.5. The number of aromatic hydroxyl groups is 1. The standard InChI is InChI=1S/C35H47BrN8O8S/c1-7-53(48,49)41-27-18-23(45)8-9-26(27)38-31-25(36)21-37-33(40-31)39-28-19-24(32(46)51-6)29(20-30(28)50-5)43-12-10-22(11-13-43)42-14-16-44(17-15-42)34(47)52-35(2,3)4/h8-9,18-22,41,45H,7,10-17H2,1-6H3,(H2,37,38,39,40). The van der Waals surface area contributed by atoms with Crippen molar-refractivity contribution in [1.29, 1.82) is 0 Å². The van der Waals surface area contributed by atoms with Gasteiger partial charge in [0.15, 0.2) is 0 Å². The summed E-state index contributed by atoms with van der Waals surface area (Å²) >= 11 is 3.44. The Morgan fingerprint density at radius 1 is 0.981 bits per heavy atom. The summed E-state index contributed by atoms with van der Waals surface area (Å²) in [7, 11) is -0.778. The lowest BCUT2D eigenvalue weighted by molar-refractivity contribution is 0.00898. The molecule has 0 saturated carbocycles. The van der Waals surface area contributed by atoms with Gasteiger partial charge in [0.1, 0.15) is 22.9 Å². The number of anilines is 6. The summed E-state index contributed by atoms with van der Waals surface area (Å²) in [6, 6.07) is 8.02. The molecule has 1 amide bonds. The van der Waals surface area contributed by atoms with Crippen molar-refractivity contribution >= 4 is 72.5 Å². The Labute approximate surface area is 318 Å². The van der Waals surface area contributed by atoms with E-state index in [1.54, 1.807) is 17.0 Å². The van der Waals surface area contributed by atoms with Crippen LogP contribution in [0.5, 0.6) is 11.5 Å². The lowest BCUT2D eigenvalue weighted by Crippen LogP contribution is -2.55. The molecule has 0 spiro atoms. The number of carbonyl (C=O) groups excluding carboxylic acids is 2. The third-order valence-electron chi connectivity index (χ3n) is 8.90. The summed E-state index contributed by atoms with van der Waals surface area (Å²) < 4.78 is 44.0. The smallest absolute Gasteiger partial charge is 0.410 e. The van der Waals surface area contributed by atoms with E-state index in [4.69, 9.17) is 14.2 Å². The van der Waals surface area contributed by atoms with E-state index >= 15 is 0 Å². The second-order valence-electron chi connectivity index (χ2n) is 13.7. The number of aromatic nitrogens is 2. The largest absolute Gasteiger partial charge is 0.508 e. The maximum atomic E-state index is 13.2. The molecule has 0 atom stereocenters. The molecular weight excluding hydrogens is 772 g/mol. The van der Waals surface area contributed by atoms with Gasteiger partial charge in [0.05, 0.1) is 52.8 Å². The Hall–Kier alpha value is -4.55. The molecule has 0 bridgehead atoms. The first-order valence-electron chi connectivity index (χ1n) is 17.3. The SMILES string of the molecule is CCS(=O)(=O)Nc1cc(O)ccc1Nc1nc(Nc2cc(C(=O)OC)c(N3CCC(N4CCN(C(=O)OC(C)(C)C)CC4)CC3)cc2OC)ncc1Br. The van der Waals surface area contributed by atoms with E-state index in [2.05, 4.69) is 51.1 Å². The van der Waals surface area contributed by atoms with Crippen molar-refractivity contribution in [1.82, 2.24) is 19.8 Å². The highest BCUT2D eigenvalue weighted by atomic mass is 79.9. The van der Waals surface area contributed by atoms with Gasteiger partial charge in [-0.1, -0.05) is 0 Å². The zero-order valence-electron chi connectivity index (χ0n) is 30.7. The number of hydrogen-bond acceptors (Lipinski definition) is 14. The number of nitrogens with one attached hydrogen (secondary N) is 3. The maximum Gasteiger partial charge on any atom is 0.410 e. The van der Waals surface area contributed by atoms with Crippen LogP contribution in [0.3, 0.4) is 0 Å². The van der Waals surface area contributed by atoms with E-state index in [-0.39, 0.29) is 29.2 Å². The molecule has 0 unspecified atom stereocenters. The van der Waals surface area contributed by atoms with Gasteiger partial charge in [-0.3, -0.25) is 9.62 Å². The van der Waals surface area contributed by atoms with E-state index < -0.39 is 21.6 Å². The number of esters is 1. The first-order valence-corrected chi connectivity index (χ1v) is 19.7. The number of carbonyl (C=O) groups is 2. The number of phenols is 1. The predicted molar refractivity (Wildman–Crippen MR) is 206 cm³/mol. The topological polar surface area (TPSA) is 188 Å².